The molecule has 0 saturated heterocycles. The van der Waals surface area contributed by atoms with Crippen LogP contribution in [0.25, 0.3) is 11.2 Å². The summed E-state index contributed by atoms with van der Waals surface area (Å²) in [5.41, 5.74) is 1.56. The van der Waals surface area contributed by atoms with Crippen LogP contribution in [-0.2, 0) is 16.7 Å². The second kappa shape index (κ2) is 6.54. The number of methoxy groups -OCH3 is 1. The van der Waals surface area contributed by atoms with Gasteiger partial charge in [-0.25, -0.2) is 4.98 Å². The van der Waals surface area contributed by atoms with Crippen molar-refractivity contribution in [2.45, 2.75) is 25.3 Å². The van der Waals surface area contributed by atoms with Crippen LogP contribution >= 0.6 is 11.6 Å². The van der Waals surface area contributed by atoms with Crippen LogP contribution in [-0.4, -0.2) is 37.9 Å². The van der Waals surface area contributed by atoms with Gasteiger partial charge in [-0.3, -0.25) is 4.21 Å². The monoisotopic (exact) mass is 315 g/mol. The number of pyridine rings is 1. The summed E-state index contributed by atoms with van der Waals surface area (Å²) in [6, 6.07) is 3.79. The number of halogens is 1. The fourth-order valence-electron chi connectivity index (χ4n) is 2.14. The summed E-state index contributed by atoms with van der Waals surface area (Å²) in [6.45, 7) is 2.06. The van der Waals surface area contributed by atoms with Gasteiger partial charge in [0.05, 0.1) is 13.0 Å². The Labute approximate surface area is 125 Å². The summed E-state index contributed by atoms with van der Waals surface area (Å²) in [5.74, 6) is 2.29. The zero-order valence-electron chi connectivity index (χ0n) is 11.8. The molecule has 20 heavy (non-hydrogen) atoms. The van der Waals surface area contributed by atoms with Gasteiger partial charge in [0.25, 0.3) is 0 Å². The molecule has 0 aliphatic heterocycles. The van der Waals surface area contributed by atoms with Crippen LogP contribution in [0.4, 0.5) is 0 Å². The van der Waals surface area contributed by atoms with Crippen LogP contribution in [0.1, 0.15) is 25.2 Å². The van der Waals surface area contributed by atoms with Crippen LogP contribution in [0, 0.1) is 0 Å². The molecule has 0 aliphatic rings. The summed E-state index contributed by atoms with van der Waals surface area (Å²) in [6.07, 6.45) is 2.50. The maximum atomic E-state index is 11.3. The minimum Gasteiger partial charge on any atom is -0.481 e. The highest BCUT2D eigenvalue weighted by molar-refractivity contribution is 7.84. The highest BCUT2D eigenvalue weighted by Gasteiger charge is 2.17. The lowest BCUT2D eigenvalue weighted by Gasteiger charge is -2.15. The largest absolute Gasteiger partial charge is 0.481 e. The second-order valence-corrected chi connectivity index (χ2v) is 6.46. The van der Waals surface area contributed by atoms with E-state index in [4.69, 9.17) is 16.3 Å². The van der Waals surface area contributed by atoms with E-state index in [0.717, 1.165) is 23.4 Å². The molecule has 7 heteroatoms. The lowest BCUT2D eigenvalue weighted by Crippen LogP contribution is -2.12. The number of ether oxygens (including phenoxy) is 1. The highest BCUT2D eigenvalue weighted by Crippen LogP contribution is 2.24. The molecule has 2 rings (SSSR count). The van der Waals surface area contributed by atoms with Crippen molar-refractivity contribution in [2.24, 2.45) is 0 Å². The Morgan fingerprint density at radius 2 is 2.20 bits per heavy atom. The fourth-order valence-corrected chi connectivity index (χ4v) is 3.00. The fraction of sp³-hybridized carbons (Fsp3) is 0.538. The number of imidazole rings is 1. The Morgan fingerprint density at radius 3 is 2.80 bits per heavy atom. The van der Waals surface area contributed by atoms with Gasteiger partial charge in [0, 0.05) is 34.9 Å². The summed E-state index contributed by atoms with van der Waals surface area (Å²) in [4.78, 5) is 8.95. The van der Waals surface area contributed by atoms with E-state index in [1.807, 2.05) is 10.6 Å². The number of fused-ring (bicyclic) bond motifs is 1. The van der Waals surface area contributed by atoms with Crippen molar-refractivity contribution in [1.82, 2.24) is 14.5 Å². The number of hydrogen-bond acceptors (Lipinski definition) is 4. The number of alkyl halides is 1. The summed E-state index contributed by atoms with van der Waals surface area (Å²) < 4.78 is 18.4. The van der Waals surface area contributed by atoms with Gasteiger partial charge in [-0.05, 0) is 19.4 Å². The zero-order chi connectivity index (χ0) is 14.7. The summed E-state index contributed by atoms with van der Waals surface area (Å²) >= 11 is 5.98. The molecule has 2 atom stereocenters. The van der Waals surface area contributed by atoms with Gasteiger partial charge < -0.3 is 9.30 Å². The van der Waals surface area contributed by atoms with Crippen molar-refractivity contribution >= 4 is 33.6 Å². The molecule has 0 saturated carbocycles. The molecule has 110 valence electrons. The van der Waals surface area contributed by atoms with Crippen LogP contribution in [0.3, 0.4) is 0 Å². The van der Waals surface area contributed by atoms with Crippen LogP contribution in [0.5, 0.6) is 5.88 Å². The number of nitrogens with zero attached hydrogens (tertiary/aromatic N) is 3. The van der Waals surface area contributed by atoms with Gasteiger partial charge in [-0.15, -0.1) is 11.6 Å². The van der Waals surface area contributed by atoms with Crippen LogP contribution < -0.4 is 4.74 Å². The van der Waals surface area contributed by atoms with Gasteiger partial charge in [-0.2, -0.15) is 4.98 Å². The molecule has 2 aromatic rings. The molecule has 0 radical (unpaired) electrons. The third kappa shape index (κ3) is 3.12. The normalized spacial score (nSPS) is 14.4. The Balaban J connectivity index is 2.45. The predicted octanol–water partition coefficient (Wildman–Crippen LogP) is 2.51. The van der Waals surface area contributed by atoms with E-state index in [0.29, 0.717) is 17.5 Å². The van der Waals surface area contributed by atoms with E-state index in [1.165, 1.54) is 0 Å². The Morgan fingerprint density at radius 1 is 1.45 bits per heavy atom. The summed E-state index contributed by atoms with van der Waals surface area (Å²) in [5, 5.41) is 0. The zero-order valence-corrected chi connectivity index (χ0v) is 13.4. The van der Waals surface area contributed by atoms with Gasteiger partial charge in [-0.1, -0.05) is 0 Å². The van der Waals surface area contributed by atoms with Crippen LogP contribution in [0.15, 0.2) is 12.1 Å². The SMILES string of the molecule is COc1ccc2nc(CCl)n(C(C)CCS(C)=O)c2n1. The maximum Gasteiger partial charge on any atom is 0.215 e. The van der Waals surface area contributed by atoms with Crippen molar-refractivity contribution in [3.05, 3.63) is 18.0 Å². The lowest BCUT2D eigenvalue weighted by molar-refractivity contribution is 0.398. The third-order valence-electron chi connectivity index (χ3n) is 3.18. The topological polar surface area (TPSA) is 57.0 Å². The lowest BCUT2D eigenvalue weighted by atomic mass is 10.2. The van der Waals surface area contributed by atoms with Crippen LogP contribution in [0.2, 0.25) is 0 Å². The van der Waals surface area contributed by atoms with Gasteiger partial charge in [0.15, 0.2) is 5.65 Å². The molecule has 2 aromatic heterocycles. The van der Waals surface area contributed by atoms with E-state index in [-0.39, 0.29) is 6.04 Å². The highest BCUT2D eigenvalue weighted by atomic mass is 35.5. The van der Waals surface area contributed by atoms with Gasteiger partial charge in [0.1, 0.15) is 11.3 Å². The van der Waals surface area contributed by atoms with E-state index in [2.05, 4.69) is 16.9 Å². The Bertz CT molecular complexity index is 629. The quantitative estimate of drug-likeness (QED) is 0.769. The molecule has 0 fully saturated rings. The molecule has 2 unspecified atom stereocenters. The first-order valence-electron chi connectivity index (χ1n) is 6.34. The Kier molecular flexibility index (Phi) is 4.99. The van der Waals surface area contributed by atoms with E-state index < -0.39 is 10.8 Å². The van der Waals surface area contributed by atoms with Crippen molar-refractivity contribution in [1.29, 1.82) is 0 Å². The molecule has 0 spiro atoms. The molecule has 5 nitrogen and oxygen atoms in total. The van der Waals surface area contributed by atoms with Crippen molar-refractivity contribution in [3.8, 4) is 5.88 Å². The van der Waals surface area contributed by atoms with E-state index in [9.17, 15) is 4.21 Å². The number of hydrogen-bond donors (Lipinski definition) is 0. The van der Waals surface area contributed by atoms with E-state index in [1.54, 1.807) is 19.4 Å². The minimum atomic E-state index is -0.808. The smallest absolute Gasteiger partial charge is 0.215 e. The van der Waals surface area contributed by atoms with Gasteiger partial charge >= 0.3 is 0 Å². The van der Waals surface area contributed by atoms with Crippen molar-refractivity contribution in [2.75, 3.05) is 19.1 Å². The predicted molar refractivity (Wildman–Crippen MR) is 81.9 cm³/mol. The molecule has 0 aliphatic carbocycles. The van der Waals surface area contributed by atoms with Gasteiger partial charge in [0.2, 0.25) is 5.88 Å². The third-order valence-corrected chi connectivity index (χ3v) is 4.23. The molecule has 0 aromatic carbocycles. The Hall–Kier alpha value is -1.14. The van der Waals surface area contributed by atoms with Crippen molar-refractivity contribution < 1.29 is 8.95 Å². The number of aromatic nitrogens is 3. The first kappa shape index (κ1) is 15.3. The first-order valence-corrected chi connectivity index (χ1v) is 8.60. The van der Waals surface area contributed by atoms with E-state index >= 15 is 0 Å². The van der Waals surface area contributed by atoms with Crippen molar-refractivity contribution in [3.63, 3.8) is 0 Å². The molecular formula is C13H18ClN3O2S. The molecular weight excluding hydrogens is 298 g/mol. The molecule has 0 N–H and O–H groups in total. The minimum absolute atomic E-state index is 0.136. The first-order chi connectivity index (χ1) is 9.56. The second-order valence-electron chi connectivity index (χ2n) is 4.64. The average Bonchev–Trinajstić information content (AvgIpc) is 2.81. The maximum absolute atomic E-state index is 11.3. The molecule has 0 bridgehead atoms. The molecule has 0 amide bonds. The number of rotatable bonds is 6. The molecule has 2 heterocycles. The average molecular weight is 316 g/mol. The summed E-state index contributed by atoms with van der Waals surface area (Å²) in [7, 11) is 0.776. The standard InChI is InChI=1S/C13H18ClN3O2S/c1-9(6-7-20(3)18)17-11(8-14)15-10-4-5-12(19-2)16-13(10)17/h4-5,9H,6-8H2,1-3H3.